The molecular weight excluding hydrogens is 258 g/mol. The summed E-state index contributed by atoms with van der Waals surface area (Å²) in [6, 6.07) is 7.47. The van der Waals surface area contributed by atoms with Crippen molar-refractivity contribution in [1.82, 2.24) is 15.1 Å². The van der Waals surface area contributed by atoms with Crippen molar-refractivity contribution in [2.24, 2.45) is 0 Å². The summed E-state index contributed by atoms with van der Waals surface area (Å²) in [4.78, 5) is 24.6. The zero-order chi connectivity index (χ0) is 14.9. The fraction of sp³-hybridized carbons (Fsp3) is 0.357. The summed E-state index contributed by atoms with van der Waals surface area (Å²) in [5.41, 5.74) is 0.237. The number of benzene rings is 1. The first-order valence-electron chi connectivity index (χ1n) is 6.26. The van der Waals surface area contributed by atoms with Gasteiger partial charge in [-0.2, -0.15) is 5.10 Å². The number of aliphatic carboxylic acids is 1. The highest BCUT2D eigenvalue weighted by molar-refractivity contribution is 5.90. The average Bonchev–Trinajstić information content (AvgIpc) is 2.81. The Labute approximate surface area is 116 Å². The number of aromatic nitrogens is 2. The van der Waals surface area contributed by atoms with Gasteiger partial charge in [-0.05, 0) is 19.9 Å². The summed E-state index contributed by atoms with van der Waals surface area (Å²) in [6.07, 6.45) is 0.0910. The summed E-state index contributed by atoms with van der Waals surface area (Å²) >= 11 is 0. The standard InChI is InChI=1S/C14H17N3O3/c1-14(2,13(19)20)17(3)12(18)8-11-9-6-4-5-7-10(9)15-16-11/h4-7H,8H2,1-3H3,(H,15,16)(H,19,20). The van der Waals surface area contributed by atoms with Crippen LogP contribution in [0.4, 0.5) is 0 Å². The van der Waals surface area contributed by atoms with Crippen LogP contribution in [0.3, 0.4) is 0 Å². The largest absolute Gasteiger partial charge is 0.480 e. The summed E-state index contributed by atoms with van der Waals surface area (Å²) in [6.45, 7) is 3.00. The Kier molecular flexibility index (Phi) is 3.48. The number of likely N-dealkylation sites (N-methyl/N-ethyl adjacent to an activating group) is 1. The molecule has 0 fully saturated rings. The van der Waals surface area contributed by atoms with Crippen LogP contribution in [0.1, 0.15) is 19.5 Å². The van der Waals surface area contributed by atoms with Crippen molar-refractivity contribution in [3.05, 3.63) is 30.0 Å². The van der Waals surface area contributed by atoms with E-state index in [-0.39, 0.29) is 12.3 Å². The maximum absolute atomic E-state index is 12.2. The molecule has 0 saturated carbocycles. The van der Waals surface area contributed by atoms with E-state index >= 15 is 0 Å². The number of aromatic amines is 1. The van der Waals surface area contributed by atoms with Crippen LogP contribution >= 0.6 is 0 Å². The Morgan fingerprint density at radius 1 is 1.35 bits per heavy atom. The minimum absolute atomic E-state index is 0.0910. The third-order valence-electron chi connectivity index (χ3n) is 3.60. The molecule has 0 bridgehead atoms. The van der Waals surface area contributed by atoms with E-state index in [0.717, 1.165) is 10.9 Å². The van der Waals surface area contributed by atoms with E-state index in [2.05, 4.69) is 10.2 Å². The second-order valence-electron chi connectivity index (χ2n) is 5.21. The quantitative estimate of drug-likeness (QED) is 0.883. The molecule has 2 rings (SSSR count). The van der Waals surface area contributed by atoms with E-state index in [1.807, 2.05) is 24.3 Å². The second-order valence-corrected chi connectivity index (χ2v) is 5.21. The first-order valence-corrected chi connectivity index (χ1v) is 6.26. The van der Waals surface area contributed by atoms with Gasteiger partial charge in [-0.3, -0.25) is 9.89 Å². The molecule has 20 heavy (non-hydrogen) atoms. The summed E-state index contributed by atoms with van der Waals surface area (Å²) in [7, 11) is 1.50. The molecule has 1 aromatic heterocycles. The molecule has 0 aliphatic rings. The number of hydrogen-bond acceptors (Lipinski definition) is 3. The molecule has 0 atom stereocenters. The number of fused-ring (bicyclic) bond motifs is 1. The van der Waals surface area contributed by atoms with Crippen molar-refractivity contribution in [2.75, 3.05) is 7.05 Å². The van der Waals surface area contributed by atoms with Crippen LogP contribution in [-0.4, -0.2) is 44.7 Å². The topological polar surface area (TPSA) is 86.3 Å². The molecule has 1 heterocycles. The van der Waals surface area contributed by atoms with Gasteiger partial charge in [0.2, 0.25) is 5.91 Å². The Bertz CT molecular complexity index is 660. The molecule has 0 spiro atoms. The number of nitrogens with zero attached hydrogens (tertiary/aromatic N) is 2. The van der Waals surface area contributed by atoms with E-state index in [1.54, 1.807) is 0 Å². The minimum atomic E-state index is -1.24. The summed E-state index contributed by atoms with van der Waals surface area (Å²) < 4.78 is 0. The number of carboxylic acids is 1. The van der Waals surface area contributed by atoms with Gasteiger partial charge in [0.25, 0.3) is 0 Å². The summed E-state index contributed by atoms with van der Waals surface area (Å²) in [5, 5.41) is 17.0. The molecule has 1 amide bonds. The highest BCUT2D eigenvalue weighted by Crippen LogP contribution is 2.18. The van der Waals surface area contributed by atoms with E-state index < -0.39 is 11.5 Å². The Morgan fingerprint density at radius 2 is 2.00 bits per heavy atom. The number of H-pyrrole nitrogens is 1. The molecule has 2 aromatic rings. The number of amides is 1. The zero-order valence-corrected chi connectivity index (χ0v) is 11.7. The van der Waals surface area contributed by atoms with Gasteiger partial charge in [0.05, 0.1) is 17.6 Å². The van der Waals surface area contributed by atoms with Crippen molar-refractivity contribution < 1.29 is 14.7 Å². The number of carbonyl (C=O) groups excluding carboxylic acids is 1. The third kappa shape index (κ3) is 2.36. The lowest BCUT2D eigenvalue weighted by molar-refractivity contribution is -0.155. The highest BCUT2D eigenvalue weighted by atomic mass is 16.4. The SMILES string of the molecule is CN(C(=O)Cc1[nH]nc2ccccc12)C(C)(C)C(=O)O. The number of rotatable bonds is 4. The van der Waals surface area contributed by atoms with Gasteiger partial charge in [0, 0.05) is 12.4 Å². The van der Waals surface area contributed by atoms with Gasteiger partial charge in [-0.15, -0.1) is 0 Å². The lowest BCUT2D eigenvalue weighted by atomic mass is 10.0. The number of carboxylic acid groups (broad SMARTS) is 1. The molecule has 0 aliphatic carbocycles. The van der Waals surface area contributed by atoms with E-state index in [9.17, 15) is 9.59 Å². The molecular formula is C14H17N3O3. The lowest BCUT2D eigenvalue weighted by Gasteiger charge is -2.31. The number of carbonyl (C=O) groups is 2. The van der Waals surface area contributed by atoms with E-state index in [4.69, 9.17) is 5.11 Å². The highest BCUT2D eigenvalue weighted by Gasteiger charge is 2.35. The normalized spacial score (nSPS) is 11.6. The fourth-order valence-electron chi connectivity index (χ4n) is 1.87. The smallest absolute Gasteiger partial charge is 0.329 e. The number of hydrogen-bond donors (Lipinski definition) is 2. The maximum Gasteiger partial charge on any atom is 0.329 e. The molecule has 0 aliphatic heterocycles. The monoisotopic (exact) mass is 275 g/mol. The van der Waals surface area contributed by atoms with Crippen LogP contribution in [0.2, 0.25) is 0 Å². The Balaban J connectivity index is 2.22. The van der Waals surface area contributed by atoms with Crippen molar-refractivity contribution in [3.63, 3.8) is 0 Å². The molecule has 0 saturated heterocycles. The van der Waals surface area contributed by atoms with Crippen molar-refractivity contribution >= 4 is 22.8 Å². The van der Waals surface area contributed by atoms with Crippen LogP contribution < -0.4 is 0 Å². The first-order chi connectivity index (χ1) is 9.34. The summed E-state index contributed by atoms with van der Waals surface area (Å²) in [5.74, 6) is -1.31. The van der Waals surface area contributed by atoms with Gasteiger partial charge in [-0.1, -0.05) is 18.2 Å². The predicted molar refractivity (Wildman–Crippen MR) is 74.3 cm³/mol. The van der Waals surface area contributed by atoms with Gasteiger partial charge in [0.15, 0.2) is 0 Å². The van der Waals surface area contributed by atoms with Crippen LogP contribution in [-0.2, 0) is 16.0 Å². The minimum Gasteiger partial charge on any atom is -0.480 e. The predicted octanol–water partition coefficient (Wildman–Crippen LogP) is 1.43. The van der Waals surface area contributed by atoms with E-state index in [1.165, 1.54) is 25.8 Å². The first kappa shape index (κ1) is 14.0. The number of para-hydroxylation sites is 1. The van der Waals surface area contributed by atoms with Gasteiger partial charge in [-0.25, -0.2) is 4.79 Å². The van der Waals surface area contributed by atoms with Crippen molar-refractivity contribution in [1.29, 1.82) is 0 Å². The van der Waals surface area contributed by atoms with Gasteiger partial charge in [0.1, 0.15) is 5.54 Å². The molecule has 0 unspecified atom stereocenters. The molecule has 6 heteroatoms. The fourth-order valence-corrected chi connectivity index (χ4v) is 1.87. The second kappa shape index (κ2) is 4.96. The average molecular weight is 275 g/mol. The molecule has 1 aromatic carbocycles. The van der Waals surface area contributed by atoms with Crippen LogP contribution in [0, 0.1) is 0 Å². The maximum atomic E-state index is 12.2. The molecule has 6 nitrogen and oxygen atoms in total. The van der Waals surface area contributed by atoms with Gasteiger partial charge >= 0.3 is 5.97 Å². The van der Waals surface area contributed by atoms with Crippen LogP contribution in [0.15, 0.2) is 24.3 Å². The lowest BCUT2D eigenvalue weighted by Crippen LogP contribution is -2.51. The van der Waals surface area contributed by atoms with Crippen molar-refractivity contribution in [3.8, 4) is 0 Å². The van der Waals surface area contributed by atoms with E-state index in [0.29, 0.717) is 5.69 Å². The molecule has 0 radical (unpaired) electrons. The zero-order valence-electron chi connectivity index (χ0n) is 11.7. The van der Waals surface area contributed by atoms with Crippen LogP contribution in [0.5, 0.6) is 0 Å². The van der Waals surface area contributed by atoms with Crippen molar-refractivity contribution in [2.45, 2.75) is 25.8 Å². The number of nitrogens with one attached hydrogen (secondary N) is 1. The third-order valence-corrected chi connectivity index (χ3v) is 3.60. The Morgan fingerprint density at radius 3 is 2.65 bits per heavy atom. The Hall–Kier alpha value is -2.37. The molecule has 106 valence electrons. The van der Waals surface area contributed by atoms with Gasteiger partial charge < -0.3 is 10.0 Å². The van der Waals surface area contributed by atoms with Crippen LogP contribution in [0.25, 0.3) is 10.9 Å². The molecule has 2 N–H and O–H groups in total.